The monoisotopic (exact) mass is 199 g/mol. The van der Waals surface area contributed by atoms with Gasteiger partial charge in [0.05, 0.1) is 6.67 Å². The third kappa shape index (κ3) is 6.35. The van der Waals surface area contributed by atoms with Gasteiger partial charge in [0.2, 0.25) is 0 Å². The van der Waals surface area contributed by atoms with Crippen LogP contribution in [-0.4, -0.2) is 30.1 Å². The van der Waals surface area contributed by atoms with Crippen molar-refractivity contribution in [2.24, 2.45) is 0 Å². The van der Waals surface area contributed by atoms with Crippen molar-refractivity contribution in [1.29, 1.82) is 5.26 Å². The molecule has 0 aromatic rings. The summed E-state index contributed by atoms with van der Waals surface area (Å²) in [6.45, 7) is 4.50. The van der Waals surface area contributed by atoms with Gasteiger partial charge in [0.25, 0.3) is 0 Å². The number of thiocyanates is 1. The molecule has 1 aliphatic rings. The molecule has 0 aromatic carbocycles. The zero-order valence-corrected chi connectivity index (χ0v) is 9.17. The first-order valence-corrected chi connectivity index (χ1v) is 4.85. The number of nitrogens with zero attached hydrogens (tertiary/aromatic N) is 3. The van der Waals surface area contributed by atoms with Crippen molar-refractivity contribution in [2.75, 3.05) is 20.3 Å². The summed E-state index contributed by atoms with van der Waals surface area (Å²) in [4.78, 5) is 4.53. The van der Waals surface area contributed by atoms with Crippen molar-refractivity contribution < 1.29 is 0 Å². The molecule has 0 aliphatic carbocycles. The predicted molar refractivity (Wildman–Crippen MR) is 58.0 cm³/mol. The molecule has 0 bridgehead atoms. The summed E-state index contributed by atoms with van der Waals surface area (Å²) >= 11 is 3.09. The number of nitriles is 1. The van der Waals surface area contributed by atoms with Crippen LogP contribution in [0.4, 0.5) is 0 Å². The van der Waals surface area contributed by atoms with Crippen molar-refractivity contribution in [1.82, 2.24) is 9.80 Å². The Kier molecular flexibility index (Phi) is 7.32. The van der Waals surface area contributed by atoms with E-state index in [0.717, 1.165) is 6.67 Å². The quantitative estimate of drug-likeness (QED) is 0.556. The van der Waals surface area contributed by atoms with Crippen molar-refractivity contribution in [3.05, 3.63) is 12.4 Å². The van der Waals surface area contributed by atoms with Crippen LogP contribution in [0.15, 0.2) is 12.4 Å². The summed E-state index contributed by atoms with van der Waals surface area (Å²) in [7, 11) is 2.10. The van der Waals surface area contributed by atoms with Gasteiger partial charge in [0, 0.05) is 26.0 Å². The third-order valence-electron chi connectivity index (χ3n) is 1.74. The van der Waals surface area contributed by atoms with Crippen molar-refractivity contribution in [3.8, 4) is 5.40 Å². The molecule has 0 unspecified atom stereocenters. The van der Waals surface area contributed by atoms with Gasteiger partial charge in [-0.1, -0.05) is 26.0 Å². The molecule has 1 heterocycles. The van der Waals surface area contributed by atoms with Gasteiger partial charge in [0.1, 0.15) is 5.40 Å². The molecule has 3 nitrogen and oxygen atoms in total. The minimum atomic E-state index is 1.07. The second-order valence-corrected chi connectivity index (χ2v) is 3.16. The van der Waals surface area contributed by atoms with Crippen LogP contribution in [0.1, 0.15) is 19.8 Å². The number of unbranched alkanes of at least 4 members (excludes halogenated alkanes) is 1. The first kappa shape index (κ1) is 12.2. The lowest BCUT2D eigenvalue weighted by Gasteiger charge is -2.17. The standard InChI is InChI=1S/C8H16N2.CHNS/c1-3-4-5-10-7-6-9(2)8-10;2-1-3/h6-7H,3-5,8H2,1-2H3;3H. The van der Waals surface area contributed by atoms with Crippen molar-refractivity contribution in [3.63, 3.8) is 0 Å². The van der Waals surface area contributed by atoms with Crippen LogP contribution < -0.4 is 0 Å². The molecule has 13 heavy (non-hydrogen) atoms. The topological polar surface area (TPSA) is 30.3 Å². The largest absolute Gasteiger partial charge is 0.362 e. The molecular weight excluding hydrogens is 182 g/mol. The van der Waals surface area contributed by atoms with Gasteiger partial charge in [-0.2, -0.15) is 5.26 Å². The fourth-order valence-electron chi connectivity index (χ4n) is 1.10. The zero-order chi connectivity index (χ0) is 10.1. The molecule has 1 aliphatic heterocycles. The molecule has 0 N–H and O–H groups in total. The number of rotatable bonds is 3. The summed E-state index contributed by atoms with van der Waals surface area (Å²) in [6, 6.07) is 0. The maximum absolute atomic E-state index is 7.18. The molecule has 0 atom stereocenters. The van der Waals surface area contributed by atoms with Gasteiger partial charge < -0.3 is 9.80 Å². The Morgan fingerprint density at radius 1 is 1.54 bits per heavy atom. The third-order valence-corrected chi connectivity index (χ3v) is 1.74. The minimum Gasteiger partial charge on any atom is -0.362 e. The molecule has 1 rings (SSSR count). The Balaban J connectivity index is 0.000000424. The number of hydrogen-bond donors (Lipinski definition) is 1. The van der Waals surface area contributed by atoms with E-state index in [-0.39, 0.29) is 0 Å². The van der Waals surface area contributed by atoms with E-state index in [1.807, 2.05) is 0 Å². The predicted octanol–water partition coefficient (Wildman–Crippen LogP) is 1.86. The van der Waals surface area contributed by atoms with Crippen LogP contribution in [-0.2, 0) is 0 Å². The van der Waals surface area contributed by atoms with Gasteiger partial charge in [-0.15, -0.1) is 0 Å². The highest BCUT2D eigenvalue weighted by Crippen LogP contribution is 2.04. The van der Waals surface area contributed by atoms with Crippen LogP contribution in [0.5, 0.6) is 0 Å². The summed E-state index contributed by atoms with van der Waals surface area (Å²) in [5.41, 5.74) is 0. The van der Waals surface area contributed by atoms with E-state index in [2.05, 4.69) is 48.8 Å². The fourth-order valence-corrected chi connectivity index (χ4v) is 1.10. The van der Waals surface area contributed by atoms with Crippen LogP contribution >= 0.6 is 12.6 Å². The summed E-state index contributed by atoms with van der Waals surface area (Å²) < 4.78 is 0. The van der Waals surface area contributed by atoms with Crippen LogP contribution in [0, 0.1) is 10.7 Å². The molecule has 0 saturated carbocycles. The smallest absolute Gasteiger partial charge is 0.130 e. The Hall–Kier alpha value is -0.820. The highest BCUT2D eigenvalue weighted by atomic mass is 32.1. The van der Waals surface area contributed by atoms with E-state index in [1.54, 1.807) is 0 Å². The van der Waals surface area contributed by atoms with Crippen LogP contribution in [0.25, 0.3) is 0 Å². The first-order valence-electron chi connectivity index (χ1n) is 4.40. The second kappa shape index (κ2) is 7.81. The normalized spacial score (nSPS) is 13.7. The van der Waals surface area contributed by atoms with E-state index in [9.17, 15) is 0 Å². The molecule has 0 spiro atoms. The number of thiol groups is 1. The maximum atomic E-state index is 7.18. The lowest BCUT2D eigenvalue weighted by atomic mass is 10.3. The van der Waals surface area contributed by atoms with Crippen molar-refractivity contribution >= 4 is 12.6 Å². The molecule has 0 fully saturated rings. The van der Waals surface area contributed by atoms with Gasteiger partial charge in [0.15, 0.2) is 0 Å². The van der Waals surface area contributed by atoms with Crippen molar-refractivity contribution in [2.45, 2.75) is 19.8 Å². The van der Waals surface area contributed by atoms with E-state index < -0.39 is 0 Å². The first-order chi connectivity index (χ1) is 6.24. The van der Waals surface area contributed by atoms with E-state index in [1.165, 1.54) is 24.8 Å². The molecular formula is C9H17N3S. The Morgan fingerprint density at radius 2 is 2.15 bits per heavy atom. The molecule has 0 saturated heterocycles. The van der Waals surface area contributed by atoms with E-state index >= 15 is 0 Å². The lowest BCUT2D eigenvalue weighted by Crippen LogP contribution is -2.23. The Labute approximate surface area is 86.0 Å². The molecule has 4 heteroatoms. The van der Waals surface area contributed by atoms with Gasteiger partial charge in [-0.3, -0.25) is 0 Å². The fraction of sp³-hybridized carbons (Fsp3) is 0.667. The summed E-state index contributed by atoms with van der Waals surface area (Å²) in [5, 5.41) is 8.63. The average molecular weight is 199 g/mol. The van der Waals surface area contributed by atoms with Gasteiger partial charge >= 0.3 is 0 Å². The second-order valence-electron chi connectivity index (χ2n) is 2.96. The highest BCUT2D eigenvalue weighted by Gasteiger charge is 2.05. The maximum Gasteiger partial charge on any atom is 0.130 e. The molecule has 0 amide bonds. The molecule has 0 aromatic heterocycles. The highest BCUT2D eigenvalue weighted by molar-refractivity contribution is 7.85. The molecule has 0 radical (unpaired) electrons. The SMILES string of the molecule is CCCCN1C=CN(C)C1.N#CS. The van der Waals surface area contributed by atoms with Crippen LogP contribution in [0.2, 0.25) is 0 Å². The summed E-state index contributed by atoms with van der Waals surface area (Å²) in [6.07, 6.45) is 6.87. The Bertz CT molecular complexity index is 186. The Morgan fingerprint density at radius 3 is 2.54 bits per heavy atom. The van der Waals surface area contributed by atoms with E-state index in [0.29, 0.717) is 0 Å². The van der Waals surface area contributed by atoms with E-state index in [4.69, 9.17) is 5.26 Å². The minimum absolute atomic E-state index is 1.07. The number of hydrogen-bond acceptors (Lipinski definition) is 4. The van der Waals surface area contributed by atoms with Gasteiger partial charge in [-0.25, -0.2) is 0 Å². The average Bonchev–Trinajstić information content (AvgIpc) is 2.49. The zero-order valence-electron chi connectivity index (χ0n) is 8.27. The lowest BCUT2D eigenvalue weighted by molar-refractivity contribution is 0.293. The van der Waals surface area contributed by atoms with Crippen LogP contribution in [0.3, 0.4) is 0 Å². The molecule has 74 valence electrons. The summed E-state index contributed by atoms with van der Waals surface area (Å²) in [5.74, 6) is 0. The van der Waals surface area contributed by atoms with Gasteiger partial charge in [-0.05, 0) is 6.42 Å².